The molecule has 1 N–H and O–H groups in total. The zero-order valence-corrected chi connectivity index (χ0v) is 10.8. The monoisotopic (exact) mass is 280 g/mol. The van der Waals surface area contributed by atoms with Crippen molar-refractivity contribution in [3.63, 3.8) is 0 Å². The molecule has 4 heteroatoms. The van der Waals surface area contributed by atoms with Crippen molar-refractivity contribution in [1.29, 1.82) is 0 Å². The molecule has 0 aliphatic heterocycles. The summed E-state index contributed by atoms with van der Waals surface area (Å²) in [6.45, 7) is 4.58. The van der Waals surface area contributed by atoms with Crippen LogP contribution in [0.5, 0.6) is 5.75 Å². The minimum absolute atomic E-state index is 0.671. The maximum Gasteiger partial charge on any atom is 0.119 e. The highest BCUT2D eigenvalue weighted by Crippen LogP contribution is 2.28. The molecule has 0 radical (unpaired) electrons. The van der Waals surface area contributed by atoms with Crippen LogP contribution >= 0.6 is 15.9 Å². The third-order valence-corrected chi connectivity index (χ3v) is 2.77. The normalized spacial score (nSPS) is 10.4. The molecule has 2 rings (SSSR count). The summed E-state index contributed by atoms with van der Waals surface area (Å²) in [4.78, 5) is 7.55. The highest BCUT2D eigenvalue weighted by molar-refractivity contribution is 9.10. The van der Waals surface area contributed by atoms with Crippen LogP contribution in [0.4, 0.5) is 0 Å². The largest absolute Gasteiger partial charge is 0.494 e. The summed E-state index contributed by atoms with van der Waals surface area (Å²) in [5, 5.41) is 0. The molecule has 16 heavy (non-hydrogen) atoms. The lowest BCUT2D eigenvalue weighted by Crippen LogP contribution is -1.91. The number of benzene rings is 1. The van der Waals surface area contributed by atoms with Crippen LogP contribution in [-0.4, -0.2) is 16.6 Å². The number of nitrogens with one attached hydrogen (secondary N) is 1. The van der Waals surface area contributed by atoms with Gasteiger partial charge in [0.05, 0.1) is 6.61 Å². The van der Waals surface area contributed by atoms with E-state index in [-0.39, 0.29) is 0 Å². The average molecular weight is 281 g/mol. The molecule has 1 aromatic carbocycles. The number of imidazole rings is 1. The van der Waals surface area contributed by atoms with Crippen molar-refractivity contribution in [3.05, 3.63) is 34.7 Å². The van der Waals surface area contributed by atoms with Gasteiger partial charge in [-0.05, 0) is 41.9 Å². The fourth-order valence-corrected chi connectivity index (χ4v) is 2.16. The Morgan fingerprint density at radius 2 is 2.25 bits per heavy atom. The van der Waals surface area contributed by atoms with E-state index in [1.165, 1.54) is 0 Å². The molecule has 0 bridgehead atoms. The topological polar surface area (TPSA) is 37.9 Å². The van der Waals surface area contributed by atoms with Crippen LogP contribution in [0.15, 0.2) is 28.9 Å². The van der Waals surface area contributed by atoms with E-state index in [2.05, 4.69) is 25.9 Å². The lowest BCUT2D eigenvalue weighted by molar-refractivity contribution is 0.340. The number of aryl methyl sites for hydroxylation is 1. The third-order valence-electron chi connectivity index (χ3n) is 2.20. The second kappa shape index (κ2) is 4.70. The van der Waals surface area contributed by atoms with Crippen LogP contribution in [0.3, 0.4) is 0 Å². The number of hydrogen-bond acceptors (Lipinski definition) is 2. The Kier molecular flexibility index (Phi) is 3.29. The van der Waals surface area contributed by atoms with Crippen molar-refractivity contribution in [2.24, 2.45) is 0 Å². The number of ether oxygens (including phenoxy) is 1. The van der Waals surface area contributed by atoms with Crippen LogP contribution < -0.4 is 4.74 Å². The highest BCUT2D eigenvalue weighted by Gasteiger charge is 2.08. The maximum atomic E-state index is 5.46. The van der Waals surface area contributed by atoms with Gasteiger partial charge in [-0.25, -0.2) is 4.98 Å². The Morgan fingerprint density at radius 3 is 2.88 bits per heavy atom. The Morgan fingerprint density at radius 1 is 1.44 bits per heavy atom. The van der Waals surface area contributed by atoms with Crippen molar-refractivity contribution >= 4 is 15.9 Å². The quantitative estimate of drug-likeness (QED) is 0.934. The standard InChI is InChI=1S/C12H13BrN2O/c1-3-16-10-6-4-5-9(7-10)11-12(13)15-8(2)14-11/h4-7H,3H2,1-2H3,(H,14,15). The molecule has 1 aromatic heterocycles. The van der Waals surface area contributed by atoms with Crippen molar-refractivity contribution in [3.8, 4) is 17.0 Å². The van der Waals surface area contributed by atoms with Crippen LogP contribution in [0, 0.1) is 6.92 Å². The number of hydrogen-bond donors (Lipinski definition) is 1. The van der Waals surface area contributed by atoms with E-state index in [0.29, 0.717) is 6.61 Å². The molecule has 2 aromatic rings. The zero-order chi connectivity index (χ0) is 11.5. The van der Waals surface area contributed by atoms with Gasteiger partial charge in [0.25, 0.3) is 0 Å². The van der Waals surface area contributed by atoms with Gasteiger partial charge >= 0.3 is 0 Å². The summed E-state index contributed by atoms with van der Waals surface area (Å²) >= 11 is 3.46. The fourth-order valence-electron chi connectivity index (χ4n) is 1.55. The predicted molar refractivity (Wildman–Crippen MR) is 67.6 cm³/mol. The van der Waals surface area contributed by atoms with Gasteiger partial charge < -0.3 is 9.72 Å². The van der Waals surface area contributed by atoms with Gasteiger partial charge in [0.2, 0.25) is 0 Å². The molecule has 0 aliphatic carbocycles. The highest BCUT2D eigenvalue weighted by atomic mass is 79.9. The molecule has 0 amide bonds. The number of H-pyrrole nitrogens is 1. The average Bonchev–Trinajstić information content (AvgIpc) is 2.59. The molecule has 1 heterocycles. The minimum Gasteiger partial charge on any atom is -0.494 e. The summed E-state index contributed by atoms with van der Waals surface area (Å²) in [7, 11) is 0. The van der Waals surface area contributed by atoms with Gasteiger partial charge in [-0.3, -0.25) is 0 Å². The van der Waals surface area contributed by atoms with Gasteiger partial charge in [0.1, 0.15) is 21.9 Å². The van der Waals surface area contributed by atoms with E-state index >= 15 is 0 Å². The second-order valence-corrected chi connectivity index (χ2v) is 4.24. The molecule has 0 spiro atoms. The van der Waals surface area contributed by atoms with E-state index in [4.69, 9.17) is 4.74 Å². The maximum absolute atomic E-state index is 5.46. The van der Waals surface area contributed by atoms with Gasteiger partial charge in [-0.2, -0.15) is 0 Å². The number of aromatic amines is 1. The smallest absolute Gasteiger partial charge is 0.119 e. The Hall–Kier alpha value is -1.29. The zero-order valence-electron chi connectivity index (χ0n) is 9.25. The van der Waals surface area contributed by atoms with E-state index < -0.39 is 0 Å². The molecule has 3 nitrogen and oxygen atoms in total. The molecule has 0 saturated carbocycles. The summed E-state index contributed by atoms with van der Waals surface area (Å²) in [6.07, 6.45) is 0. The van der Waals surface area contributed by atoms with E-state index in [1.807, 2.05) is 38.1 Å². The first-order valence-corrected chi connectivity index (χ1v) is 5.95. The molecule has 0 fully saturated rings. The number of rotatable bonds is 3. The van der Waals surface area contributed by atoms with Crippen LogP contribution in [0.1, 0.15) is 12.7 Å². The molecule has 0 saturated heterocycles. The van der Waals surface area contributed by atoms with Crippen molar-refractivity contribution in [2.45, 2.75) is 13.8 Å². The molecular formula is C12H13BrN2O. The molecule has 84 valence electrons. The predicted octanol–water partition coefficient (Wildman–Crippen LogP) is 3.55. The molecular weight excluding hydrogens is 268 g/mol. The van der Waals surface area contributed by atoms with Crippen LogP contribution in [-0.2, 0) is 0 Å². The van der Waals surface area contributed by atoms with Crippen LogP contribution in [0.25, 0.3) is 11.3 Å². The van der Waals surface area contributed by atoms with Crippen LogP contribution in [0.2, 0.25) is 0 Å². The minimum atomic E-state index is 0.671. The number of halogens is 1. The van der Waals surface area contributed by atoms with Gasteiger partial charge in [0, 0.05) is 5.56 Å². The molecule has 0 unspecified atom stereocenters. The summed E-state index contributed by atoms with van der Waals surface area (Å²) in [5.41, 5.74) is 1.96. The lowest BCUT2D eigenvalue weighted by atomic mass is 10.1. The number of aromatic nitrogens is 2. The third kappa shape index (κ3) is 2.27. The summed E-state index contributed by atoms with van der Waals surface area (Å²) < 4.78 is 6.36. The van der Waals surface area contributed by atoms with Gasteiger partial charge in [0.15, 0.2) is 0 Å². The number of nitrogens with zero attached hydrogens (tertiary/aromatic N) is 1. The van der Waals surface area contributed by atoms with Crippen molar-refractivity contribution in [1.82, 2.24) is 9.97 Å². The van der Waals surface area contributed by atoms with E-state index in [0.717, 1.165) is 27.4 Å². The van der Waals surface area contributed by atoms with E-state index in [9.17, 15) is 0 Å². The Balaban J connectivity index is 2.40. The SMILES string of the molecule is CCOc1cccc(-c2nc(C)[nH]c2Br)c1. The molecule has 0 aliphatic rings. The van der Waals surface area contributed by atoms with E-state index in [1.54, 1.807) is 0 Å². The Labute approximate surface area is 103 Å². The fraction of sp³-hybridized carbons (Fsp3) is 0.250. The Bertz CT molecular complexity index is 494. The first-order chi connectivity index (χ1) is 7.70. The first-order valence-electron chi connectivity index (χ1n) is 5.16. The van der Waals surface area contributed by atoms with Gasteiger partial charge in [-0.1, -0.05) is 12.1 Å². The summed E-state index contributed by atoms with van der Waals surface area (Å²) in [6, 6.07) is 7.92. The molecule has 0 atom stereocenters. The summed E-state index contributed by atoms with van der Waals surface area (Å²) in [5.74, 6) is 1.76. The first kappa shape index (κ1) is 11.2. The van der Waals surface area contributed by atoms with Crippen molar-refractivity contribution in [2.75, 3.05) is 6.61 Å². The second-order valence-electron chi connectivity index (χ2n) is 3.45. The lowest BCUT2D eigenvalue weighted by Gasteiger charge is -2.04. The van der Waals surface area contributed by atoms with Gasteiger partial charge in [-0.15, -0.1) is 0 Å². The van der Waals surface area contributed by atoms with Crippen molar-refractivity contribution < 1.29 is 4.74 Å².